The largest absolute Gasteiger partial charge is 0.494 e. The van der Waals surface area contributed by atoms with E-state index in [1.165, 1.54) is 18.1 Å². The van der Waals surface area contributed by atoms with Gasteiger partial charge in [-0.1, -0.05) is 0 Å². The molecule has 0 atom stereocenters. The zero-order chi connectivity index (χ0) is 25.4. The third kappa shape index (κ3) is 4.67. The van der Waals surface area contributed by atoms with Crippen molar-refractivity contribution in [1.29, 1.82) is 0 Å². The molecule has 1 saturated heterocycles. The Hall–Kier alpha value is -3.82. The highest BCUT2D eigenvalue weighted by molar-refractivity contribution is 6.09. The molecule has 2 aromatic heterocycles. The van der Waals surface area contributed by atoms with Crippen LogP contribution in [0.25, 0.3) is 22.2 Å². The third-order valence-corrected chi connectivity index (χ3v) is 6.92. The molecular weight excluding hydrogens is 467 g/mol. The molecule has 2 fully saturated rings. The molecule has 1 saturated carbocycles. The van der Waals surface area contributed by atoms with Gasteiger partial charge in [0.25, 0.3) is 5.91 Å². The molecule has 190 valence electrons. The van der Waals surface area contributed by atoms with Crippen LogP contribution in [0.3, 0.4) is 0 Å². The summed E-state index contributed by atoms with van der Waals surface area (Å²) in [5.74, 6) is 0.234. The molecule has 0 spiro atoms. The molecule has 2 amide bonds. The number of aromatic nitrogens is 2. The van der Waals surface area contributed by atoms with Crippen LogP contribution in [0.15, 0.2) is 24.4 Å². The molecule has 3 N–H and O–H groups in total. The number of benzene rings is 1. The second-order valence-corrected chi connectivity index (χ2v) is 9.46. The van der Waals surface area contributed by atoms with E-state index in [-0.39, 0.29) is 17.7 Å². The van der Waals surface area contributed by atoms with Crippen LogP contribution in [0.4, 0.5) is 9.18 Å². The van der Waals surface area contributed by atoms with E-state index in [0.29, 0.717) is 72.1 Å². The van der Waals surface area contributed by atoms with Gasteiger partial charge in [0.1, 0.15) is 11.3 Å². The van der Waals surface area contributed by atoms with Crippen LogP contribution < -0.4 is 14.8 Å². The van der Waals surface area contributed by atoms with Crippen molar-refractivity contribution in [2.45, 2.75) is 38.6 Å². The van der Waals surface area contributed by atoms with Crippen LogP contribution >= 0.6 is 0 Å². The standard InChI is InChI=1S/C26H29FN4O5/c1-14-22(25(32)30-16-6-9-31(10-7-16)26(33)34)24-23(29-14)17(5-8-28-24)18-11-21(35-2)19(27)12-20(18)36-13-15-3-4-15/h5,8,11-12,15-16,29H,3-4,6-7,9-10,13H2,1-2H3,(H,30,32)(H,33,34). The number of aromatic amines is 1. The number of nitrogens with zero attached hydrogens (tertiary/aromatic N) is 2. The average Bonchev–Trinajstić information content (AvgIpc) is 3.62. The Balaban J connectivity index is 1.47. The van der Waals surface area contributed by atoms with Gasteiger partial charge in [-0.3, -0.25) is 9.78 Å². The number of carboxylic acid groups (broad SMARTS) is 1. The number of carbonyl (C=O) groups excluding carboxylic acids is 1. The molecule has 9 nitrogen and oxygen atoms in total. The summed E-state index contributed by atoms with van der Waals surface area (Å²) < 4.78 is 25.8. The van der Waals surface area contributed by atoms with E-state index in [2.05, 4.69) is 15.3 Å². The van der Waals surface area contributed by atoms with Gasteiger partial charge in [0, 0.05) is 48.2 Å². The number of fused-ring (bicyclic) bond motifs is 1. The van der Waals surface area contributed by atoms with Crippen LogP contribution in [-0.4, -0.2) is 64.8 Å². The van der Waals surface area contributed by atoms with E-state index < -0.39 is 11.9 Å². The number of piperidine rings is 1. The highest BCUT2D eigenvalue weighted by Crippen LogP contribution is 2.40. The van der Waals surface area contributed by atoms with E-state index in [1.54, 1.807) is 18.3 Å². The number of nitrogens with one attached hydrogen (secondary N) is 2. The Morgan fingerprint density at radius 1 is 1.19 bits per heavy atom. The molecule has 1 aliphatic heterocycles. The lowest BCUT2D eigenvalue weighted by Gasteiger charge is -2.30. The first-order valence-electron chi connectivity index (χ1n) is 12.1. The molecule has 5 rings (SSSR count). The molecule has 3 aromatic rings. The molecule has 2 aliphatic rings. The van der Waals surface area contributed by atoms with Crippen molar-refractivity contribution in [3.8, 4) is 22.6 Å². The minimum Gasteiger partial charge on any atom is -0.494 e. The molecule has 0 radical (unpaired) electrons. The van der Waals surface area contributed by atoms with Crippen LogP contribution in [0.1, 0.15) is 41.7 Å². The van der Waals surface area contributed by atoms with Gasteiger partial charge in [0.15, 0.2) is 11.6 Å². The summed E-state index contributed by atoms with van der Waals surface area (Å²) in [6, 6.07) is 4.64. The zero-order valence-electron chi connectivity index (χ0n) is 20.3. The van der Waals surface area contributed by atoms with Gasteiger partial charge in [0.2, 0.25) is 0 Å². The number of halogens is 1. The fourth-order valence-electron chi connectivity index (χ4n) is 4.69. The number of hydrogen-bond donors (Lipinski definition) is 3. The minimum absolute atomic E-state index is 0.0997. The molecule has 10 heteroatoms. The highest BCUT2D eigenvalue weighted by Gasteiger charge is 2.27. The SMILES string of the molecule is COc1cc(-c2ccnc3c(C(=O)NC4CCN(C(=O)O)CC4)c(C)[nH]c23)c(OCC2CC2)cc1F. The number of amides is 2. The Bertz CT molecular complexity index is 1310. The lowest BCUT2D eigenvalue weighted by atomic mass is 10.0. The minimum atomic E-state index is -0.943. The third-order valence-electron chi connectivity index (χ3n) is 6.92. The number of hydrogen-bond acceptors (Lipinski definition) is 5. The zero-order valence-corrected chi connectivity index (χ0v) is 20.3. The summed E-state index contributed by atoms with van der Waals surface area (Å²) in [7, 11) is 1.41. The van der Waals surface area contributed by atoms with Gasteiger partial charge < -0.3 is 29.8 Å². The summed E-state index contributed by atoms with van der Waals surface area (Å²) >= 11 is 0. The summed E-state index contributed by atoms with van der Waals surface area (Å²) in [5, 5.41) is 12.2. The smallest absolute Gasteiger partial charge is 0.407 e. The molecule has 3 heterocycles. The monoisotopic (exact) mass is 496 g/mol. The van der Waals surface area contributed by atoms with Crippen molar-refractivity contribution < 1.29 is 28.6 Å². The number of likely N-dealkylation sites (tertiary alicyclic amines) is 1. The van der Waals surface area contributed by atoms with Crippen LogP contribution in [0.5, 0.6) is 11.5 Å². The number of carbonyl (C=O) groups is 2. The molecule has 0 bridgehead atoms. The Morgan fingerprint density at radius 3 is 2.61 bits per heavy atom. The van der Waals surface area contributed by atoms with Crippen molar-refractivity contribution >= 4 is 23.0 Å². The van der Waals surface area contributed by atoms with Crippen LogP contribution in [0.2, 0.25) is 0 Å². The summed E-state index contributed by atoms with van der Waals surface area (Å²) in [5.41, 5.74) is 3.60. The summed E-state index contributed by atoms with van der Waals surface area (Å²) in [6.45, 7) is 3.09. The first-order valence-corrected chi connectivity index (χ1v) is 12.1. The Morgan fingerprint density at radius 2 is 1.94 bits per heavy atom. The maximum absolute atomic E-state index is 14.6. The van der Waals surface area contributed by atoms with E-state index in [0.717, 1.165) is 18.4 Å². The number of pyridine rings is 1. The van der Waals surface area contributed by atoms with Crippen molar-refractivity contribution in [2.24, 2.45) is 5.92 Å². The molecular formula is C26H29FN4O5. The topological polar surface area (TPSA) is 117 Å². The number of aryl methyl sites for hydroxylation is 1. The van der Waals surface area contributed by atoms with Crippen molar-refractivity contribution in [1.82, 2.24) is 20.2 Å². The predicted molar refractivity (Wildman–Crippen MR) is 131 cm³/mol. The molecule has 0 unspecified atom stereocenters. The maximum atomic E-state index is 14.6. The Labute approximate surface area is 207 Å². The fourth-order valence-corrected chi connectivity index (χ4v) is 4.69. The predicted octanol–water partition coefficient (Wildman–Crippen LogP) is 4.35. The van der Waals surface area contributed by atoms with Gasteiger partial charge in [-0.2, -0.15) is 0 Å². The number of H-pyrrole nitrogens is 1. The van der Waals surface area contributed by atoms with Gasteiger partial charge in [0.05, 0.1) is 24.8 Å². The van der Waals surface area contributed by atoms with E-state index in [9.17, 15) is 14.0 Å². The molecule has 1 aliphatic carbocycles. The second kappa shape index (κ2) is 9.67. The normalized spacial score (nSPS) is 16.2. The van der Waals surface area contributed by atoms with Crippen molar-refractivity contribution in [2.75, 3.05) is 26.8 Å². The molecule has 36 heavy (non-hydrogen) atoms. The quantitative estimate of drug-likeness (QED) is 0.448. The Kier molecular flexibility index (Phi) is 6.42. The maximum Gasteiger partial charge on any atom is 0.407 e. The first-order chi connectivity index (χ1) is 17.4. The highest BCUT2D eigenvalue weighted by atomic mass is 19.1. The van der Waals surface area contributed by atoms with E-state index >= 15 is 0 Å². The number of rotatable bonds is 7. The number of methoxy groups -OCH3 is 1. The first kappa shape index (κ1) is 23.9. The van der Waals surface area contributed by atoms with Gasteiger partial charge in [-0.25, -0.2) is 9.18 Å². The fraction of sp³-hybridized carbons (Fsp3) is 0.423. The lowest BCUT2D eigenvalue weighted by Crippen LogP contribution is -2.46. The summed E-state index contributed by atoms with van der Waals surface area (Å²) in [4.78, 5) is 33.6. The van der Waals surface area contributed by atoms with Crippen LogP contribution in [0, 0.1) is 18.7 Å². The van der Waals surface area contributed by atoms with E-state index in [4.69, 9.17) is 14.6 Å². The van der Waals surface area contributed by atoms with Gasteiger partial charge >= 0.3 is 6.09 Å². The average molecular weight is 497 g/mol. The lowest BCUT2D eigenvalue weighted by molar-refractivity contribution is 0.0908. The van der Waals surface area contributed by atoms with Gasteiger partial charge in [-0.15, -0.1) is 0 Å². The van der Waals surface area contributed by atoms with E-state index in [1.807, 2.05) is 6.92 Å². The summed E-state index contributed by atoms with van der Waals surface area (Å²) in [6.07, 6.45) is 3.99. The van der Waals surface area contributed by atoms with Crippen molar-refractivity contribution in [3.05, 3.63) is 41.5 Å². The molecule has 1 aromatic carbocycles. The van der Waals surface area contributed by atoms with Crippen molar-refractivity contribution in [3.63, 3.8) is 0 Å². The van der Waals surface area contributed by atoms with Gasteiger partial charge in [-0.05, 0) is 50.7 Å². The number of ether oxygens (including phenoxy) is 2. The van der Waals surface area contributed by atoms with Crippen LogP contribution in [-0.2, 0) is 0 Å². The second-order valence-electron chi connectivity index (χ2n) is 9.46.